The van der Waals surface area contributed by atoms with Gasteiger partial charge in [-0.1, -0.05) is 39.0 Å². The van der Waals surface area contributed by atoms with Crippen LogP contribution in [0.4, 0.5) is 0 Å². The molecule has 0 aromatic rings. The zero-order chi connectivity index (χ0) is 9.54. The van der Waals surface area contributed by atoms with Gasteiger partial charge < -0.3 is 4.74 Å². The summed E-state index contributed by atoms with van der Waals surface area (Å²) in [7, 11) is 0. The summed E-state index contributed by atoms with van der Waals surface area (Å²) in [4.78, 5) is 0. The van der Waals surface area contributed by atoms with Gasteiger partial charge in [0.15, 0.2) is 0 Å². The first-order chi connectivity index (χ1) is 6.86. The van der Waals surface area contributed by atoms with Gasteiger partial charge >= 0.3 is 0 Å². The van der Waals surface area contributed by atoms with Crippen molar-refractivity contribution in [2.24, 2.45) is 17.8 Å². The van der Waals surface area contributed by atoms with Gasteiger partial charge in [-0.05, 0) is 30.6 Å². The van der Waals surface area contributed by atoms with Crippen molar-refractivity contribution < 1.29 is 4.74 Å². The Balaban J connectivity index is 1.64. The molecule has 3 fully saturated rings. The minimum Gasteiger partial charge on any atom is -0.369 e. The molecule has 0 bridgehead atoms. The molecule has 4 unspecified atom stereocenters. The minimum absolute atomic E-state index is 0.663. The number of hydrogen-bond acceptors (Lipinski definition) is 1. The lowest BCUT2D eigenvalue weighted by Crippen LogP contribution is -2.31. The second-order valence-electron chi connectivity index (χ2n) is 5.64. The maximum Gasteiger partial charge on any atom is 0.0870 e. The highest BCUT2D eigenvalue weighted by molar-refractivity contribution is 4.98. The Hall–Kier alpha value is -0.0400. The Morgan fingerprint density at radius 3 is 2.50 bits per heavy atom. The summed E-state index contributed by atoms with van der Waals surface area (Å²) >= 11 is 0. The van der Waals surface area contributed by atoms with Crippen molar-refractivity contribution in [3.8, 4) is 0 Å². The third-order valence-corrected chi connectivity index (χ3v) is 4.86. The molecule has 2 aliphatic carbocycles. The number of rotatable bonds is 1. The highest BCUT2D eigenvalue weighted by Crippen LogP contribution is 2.48. The summed E-state index contributed by atoms with van der Waals surface area (Å²) in [5, 5.41) is 0. The average Bonchev–Trinajstić information content (AvgIpc) is 3.00. The van der Waals surface area contributed by atoms with E-state index in [4.69, 9.17) is 4.74 Å². The van der Waals surface area contributed by atoms with Crippen molar-refractivity contribution in [1.29, 1.82) is 0 Å². The fourth-order valence-electron chi connectivity index (χ4n) is 3.94. The van der Waals surface area contributed by atoms with E-state index >= 15 is 0 Å². The van der Waals surface area contributed by atoms with Gasteiger partial charge in [-0.15, -0.1) is 0 Å². The number of hydrogen-bond donors (Lipinski definition) is 0. The van der Waals surface area contributed by atoms with E-state index in [2.05, 4.69) is 6.92 Å². The van der Waals surface area contributed by atoms with E-state index in [-0.39, 0.29) is 0 Å². The van der Waals surface area contributed by atoms with Gasteiger partial charge in [-0.3, -0.25) is 0 Å². The zero-order valence-corrected chi connectivity index (χ0v) is 9.24. The molecular formula is C13H22O. The van der Waals surface area contributed by atoms with E-state index in [0.717, 1.165) is 17.8 Å². The first-order valence-corrected chi connectivity index (χ1v) is 6.52. The van der Waals surface area contributed by atoms with Gasteiger partial charge in [0.2, 0.25) is 0 Å². The van der Waals surface area contributed by atoms with Crippen LogP contribution in [-0.2, 0) is 4.74 Å². The quantitative estimate of drug-likeness (QED) is 0.583. The van der Waals surface area contributed by atoms with E-state index in [9.17, 15) is 0 Å². The molecule has 0 amide bonds. The van der Waals surface area contributed by atoms with Gasteiger partial charge in [0.25, 0.3) is 0 Å². The Morgan fingerprint density at radius 2 is 1.71 bits per heavy atom. The molecule has 1 nitrogen and oxygen atoms in total. The van der Waals surface area contributed by atoms with Gasteiger partial charge in [-0.25, -0.2) is 0 Å². The van der Waals surface area contributed by atoms with E-state index in [0.29, 0.717) is 12.2 Å². The van der Waals surface area contributed by atoms with E-state index in [1.165, 1.54) is 44.9 Å². The summed E-state index contributed by atoms with van der Waals surface area (Å²) in [6, 6.07) is 0. The fourth-order valence-corrected chi connectivity index (χ4v) is 3.94. The van der Waals surface area contributed by atoms with Gasteiger partial charge in [0, 0.05) is 0 Å². The predicted molar refractivity (Wildman–Crippen MR) is 57.1 cm³/mol. The molecule has 4 atom stereocenters. The van der Waals surface area contributed by atoms with Crippen LogP contribution in [0.5, 0.6) is 0 Å². The van der Waals surface area contributed by atoms with Crippen molar-refractivity contribution in [3.05, 3.63) is 0 Å². The maximum absolute atomic E-state index is 5.71. The van der Waals surface area contributed by atoms with Crippen molar-refractivity contribution in [2.75, 3.05) is 0 Å². The summed E-state index contributed by atoms with van der Waals surface area (Å²) in [5.41, 5.74) is 0. The molecule has 14 heavy (non-hydrogen) atoms. The van der Waals surface area contributed by atoms with Crippen LogP contribution in [0, 0.1) is 17.8 Å². The standard InChI is InChI=1S/C13H22O/c1-9-11(7-8-12-13(9)14-12)10-5-3-2-4-6-10/h9-13H,2-8H2,1H3. The van der Waals surface area contributed by atoms with Crippen molar-refractivity contribution >= 4 is 0 Å². The second-order valence-corrected chi connectivity index (χ2v) is 5.64. The second kappa shape index (κ2) is 3.52. The van der Waals surface area contributed by atoms with Crippen LogP contribution >= 0.6 is 0 Å². The molecular weight excluding hydrogens is 172 g/mol. The monoisotopic (exact) mass is 194 g/mol. The molecule has 2 saturated carbocycles. The van der Waals surface area contributed by atoms with Crippen molar-refractivity contribution in [3.63, 3.8) is 0 Å². The summed E-state index contributed by atoms with van der Waals surface area (Å²) < 4.78 is 5.71. The van der Waals surface area contributed by atoms with Gasteiger partial charge in [-0.2, -0.15) is 0 Å². The lowest BCUT2D eigenvalue weighted by Gasteiger charge is -2.35. The molecule has 1 heteroatoms. The third kappa shape index (κ3) is 1.50. The van der Waals surface area contributed by atoms with Crippen LogP contribution in [-0.4, -0.2) is 12.2 Å². The minimum atomic E-state index is 0.663. The topological polar surface area (TPSA) is 12.5 Å². The summed E-state index contributed by atoms with van der Waals surface area (Å²) in [6.07, 6.45) is 11.6. The van der Waals surface area contributed by atoms with Crippen molar-refractivity contribution in [2.45, 2.75) is 64.1 Å². The van der Waals surface area contributed by atoms with E-state index in [1.54, 1.807) is 0 Å². The molecule has 0 aromatic carbocycles. The van der Waals surface area contributed by atoms with Crippen LogP contribution in [0.2, 0.25) is 0 Å². The van der Waals surface area contributed by atoms with Crippen LogP contribution < -0.4 is 0 Å². The van der Waals surface area contributed by atoms with Crippen LogP contribution in [0.25, 0.3) is 0 Å². The molecule has 80 valence electrons. The van der Waals surface area contributed by atoms with E-state index < -0.39 is 0 Å². The molecule has 0 radical (unpaired) electrons. The normalized spacial score (nSPS) is 48.6. The lowest BCUT2D eigenvalue weighted by molar-refractivity contribution is 0.148. The molecule has 3 aliphatic rings. The van der Waals surface area contributed by atoms with Gasteiger partial charge in [0.05, 0.1) is 12.2 Å². The van der Waals surface area contributed by atoms with E-state index in [1.807, 2.05) is 0 Å². The van der Waals surface area contributed by atoms with Crippen LogP contribution in [0.1, 0.15) is 51.9 Å². The van der Waals surface area contributed by atoms with Crippen molar-refractivity contribution in [1.82, 2.24) is 0 Å². The number of ether oxygens (including phenoxy) is 1. The Labute approximate surface area is 87.2 Å². The van der Waals surface area contributed by atoms with Gasteiger partial charge in [0.1, 0.15) is 0 Å². The summed E-state index contributed by atoms with van der Waals surface area (Å²) in [5.74, 6) is 2.90. The van der Waals surface area contributed by atoms with Crippen LogP contribution in [0.15, 0.2) is 0 Å². The predicted octanol–water partition coefficient (Wildman–Crippen LogP) is 3.38. The Morgan fingerprint density at radius 1 is 0.929 bits per heavy atom. The molecule has 0 spiro atoms. The molecule has 0 aromatic heterocycles. The lowest BCUT2D eigenvalue weighted by atomic mass is 9.69. The molecule has 3 rings (SSSR count). The Bertz CT molecular complexity index is 207. The molecule has 0 N–H and O–H groups in total. The first-order valence-electron chi connectivity index (χ1n) is 6.52. The Kier molecular flexibility index (Phi) is 2.31. The molecule has 1 saturated heterocycles. The first kappa shape index (κ1) is 9.21. The molecule has 1 aliphatic heterocycles. The maximum atomic E-state index is 5.71. The number of epoxide rings is 1. The largest absolute Gasteiger partial charge is 0.369 e. The van der Waals surface area contributed by atoms with Crippen LogP contribution in [0.3, 0.4) is 0 Å². The third-order valence-electron chi connectivity index (χ3n) is 4.86. The average molecular weight is 194 g/mol. The molecule has 1 heterocycles. The number of fused-ring (bicyclic) bond motifs is 1. The fraction of sp³-hybridized carbons (Fsp3) is 1.00. The highest BCUT2D eigenvalue weighted by atomic mass is 16.6. The smallest absolute Gasteiger partial charge is 0.0870 e. The summed E-state index contributed by atoms with van der Waals surface area (Å²) in [6.45, 7) is 2.43. The SMILES string of the molecule is CC1C(C2CCCCC2)CCC2OC21. The zero-order valence-electron chi connectivity index (χ0n) is 9.24. The highest BCUT2D eigenvalue weighted by Gasteiger charge is 2.50.